The lowest BCUT2D eigenvalue weighted by Gasteiger charge is -2.21. The number of carbonyl (C=O) groups is 2. The van der Waals surface area contributed by atoms with Crippen LogP contribution in [0.5, 0.6) is 23.0 Å². The molecule has 8 nitrogen and oxygen atoms in total. The number of methoxy groups -OCH3 is 3. The third-order valence-corrected chi connectivity index (χ3v) is 4.02. The van der Waals surface area contributed by atoms with Crippen LogP contribution in [0.25, 0.3) is 0 Å². The molecular weight excluding hydrogens is 364 g/mol. The summed E-state index contributed by atoms with van der Waals surface area (Å²) < 4.78 is 21.3. The molecule has 2 rings (SSSR count). The third-order valence-electron chi connectivity index (χ3n) is 4.02. The van der Waals surface area contributed by atoms with Crippen molar-refractivity contribution in [3.05, 3.63) is 47.5 Å². The molecule has 150 valence electrons. The van der Waals surface area contributed by atoms with Gasteiger partial charge in [-0.05, 0) is 36.4 Å². The van der Waals surface area contributed by atoms with E-state index in [9.17, 15) is 9.59 Å². The second-order valence-corrected chi connectivity index (χ2v) is 5.93. The molecule has 0 atom stereocenters. The van der Waals surface area contributed by atoms with Gasteiger partial charge in [-0.15, -0.1) is 0 Å². The Morgan fingerprint density at radius 3 is 2.11 bits per heavy atom. The molecule has 0 aliphatic heterocycles. The normalized spacial score (nSPS) is 10.1. The highest BCUT2D eigenvalue weighted by Crippen LogP contribution is 2.40. The quantitative estimate of drug-likeness (QED) is 0.704. The lowest BCUT2D eigenvalue weighted by atomic mass is 10.1. The summed E-state index contributed by atoms with van der Waals surface area (Å²) in [5, 5.41) is 0. The molecule has 28 heavy (non-hydrogen) atoms. The summed E-state index contributed by atoms with van der Waals surface area (Å²) in [5.41, 5.74) is 6.30. The van der Waals surface area contributed by atoms with Crippen molar-refractivity contribution >= 4 is 11.8 Å². The van der Waals surface area contributed by atoms with Gasteiger partial charge in [0.15, 0.2) is 18.1 Å². The smallest absolute Gasteiger partial charge is 0.255 e. The molecule has 0 saturated carbocycles. The van der Waals surface area contributed by atoms with Gasteiger partial charge in [-0.25, -0.2) is 0 Å². The number of amides is 2. The summed E-state index contributed by atoms with van der Waals surface area (Å²) in [6.45, 7) is 0.0918. The van der Waals surface area contributed by atoms with Gasteiger partial charge in [0, 0.05) is 24.7 Å². The molecule has 0 unspecified atom stereocenters. The Bertz CT molecular complexity index is 835. The van der Waals surface area contributed by atoms with Crippen LogP contribution in [-0.2, 0) is 11.3 Å². The molecule has 0 fully saturated rings. The summed E-state index contributed by atoms with van der Waals surface area (Å²) in [6, 6.07) is 10.1. The molecule has 2 amide bonds. The molecule has 0 aliphatic rings. The van der Waals surface area contributed by atoms with Crippen LogP contribution in [0.15, 0.2) is 36.4 Å². The molecule has 0 radical (unpaired) electrons. The Hall–Kier alpha value is -3.42. The zero-order valence-electron chi connectivity index (χ0n) is 16.4. The zero-order valence-corrected chi connectivity index (χ0v) is 16.4. The first-order valence-corrected chi connectivity index (χ1v) is 8.45. The first-order valence-electron chi connectivity index (χ1n) is 8.45. The van der Waals surface area contributed by atoms with E-state index >= 15 is 0 Å². The SMILES string of the molecule is COc1ccc(CN(C)C(=O)c2ccc(OCC(N)=O)cc2)c(OC)c1OC. The maximum Gasteiger partial charge on any atom is 0.255 e. The number of ether oxygens (including phenoxy) is 4. The fourth-order valence-corrected chi connectivity index (χ4v) is 2.68. The standard InChI is InChI=1S/C20H24N2O6/c1-22(11-14-7-10-16(25-2)19(27-4)18(14)26-3)20(24)13-5-8-15(9-6-13)28-12-17(21)23/h5-10H,11-12H2,1-4H3,(H2,21,23). The number of benzene rings is 2. The lowest BCUT2D eigenvalue weighted by molar-refractivity contribution is -0.119. The Morgan fingerprint density at radius 2 is 1.57 bits per heavy atom. The second kappa shape index (κ2) is 9.50. The Balaban J connectivity index is 2.15. The minimum Gasteiger partial charge on any atom is -0.493 e. The van der Waals surface area contributed by atoms with Crippen molar-refractivity contribution < 1.29 is 28.5 Å². The first kappa shape index (κ1) is 20.9. The fourth-order valence-electron chi connectivity index (χ4n) is 2.68. The Labute approximate surface area is 163 Å². The minimum atomic E-state index is -0.566. The second-order valence-electron chi connectivity index (χ2n) is 5.93. The van der Waals surface area contributed by atoms with Gasteiger partial charge < -0.3 is 29.6 Å². The van der Waals surface area contributed by atoms with E-state index in [0.29, 0.717) is 35.1 Å². The van der Waals surface area contributed by atoms with Gasteiger partial charge in [-0.1, -0.05) is 0 Å². The van der Waals surface area contributed by atoms with Gasteiger partial charge in [0.2, 0.25) is 5.75 Å². The topological polar surface area (TPSA) is 100 Å². The predicted molar refractivity (Wildman–Crippen MR) is 103 cm³/mol. The van der Waals surface area contributed by atoms with E-state index < -0.39 is 5.91 Å². The maximum absolute atomic E-state index is 12.7. The number of rotatable bonds is 9. The average Bonchev–Trinajstić information content (AvgIpc) is 2.71. The third kappa shape index (κ3) is 4.85. The number of primary amides is 1. The van der Waals surface area contributed by atoms with Crippen molar-refractivity contribution in [2.45, 2.75) is 6.54 Å². The summed E-state index contributed by atoms with van der Waals surface area (Å²) in [7, 11) is 6.30. The Kier molecular flexibility index (Phi) is 7.08. The van der Waals surface area contributed by atoms with Crippen molar-refractivity contribution in [3.8, 4) is 23.0 Å². The van der Waals surface area contributed by atoms with E-state index in [-0.39, 0.29) is 12.5 Å². The lowest BCUT2D eigenvalue weighted by Crippen LogP contribution is -2.26. The number of nitrogens with zero attached hydrogens (tertiary/aromatic N) is 1. The molecule has 0 saturated heterocycles. The van der Waals surface area contributed by atoms with Crippen LogP contribution in [-0.4, -0.2) is 51.7 Å². The van der Waals surface area contributed by atoms with Crippen molar-refractivity contribution in [1.82, 2.24) is 4.90 Å². The molecule has 0 spiro atoms. The van der Waals surface area contributed by atoms with Crippen LogP contribution in [0.2, 0.25) is 0 Å². The van der Waals surface area contributed by atoms with Crippen LogP contribution in [0.4, 0.5) is 0 Å². The van der Waals surface area contributed by atoms with Crippen LogP contribution < -0.4 is 24.7 Å². The van der Waals surface area contributed by atoms with Crippen molar-refractivity contribution in [2.75, 3.05) is 35.0 Å². The Morgan fingerprint density at radius 1 is 0.929 bits per heavy atom. The molecule has 2 N–H and O–H groups in total. The van der Waals surface area contributed by atoms with Crippen LogP contribution in [0.1, 0.15) is 15.9 Å². The molecule has 2 aromatic carbocycles. The van der Waals surface area contributed by atoms with Gasteiger partial charge in [-0.2, -0.15) is 0 Å². The molecule has 2 aromatic rings. The van der Waals surface area contributed by atoms with Gasteiger partial charge in [-0.3, -0.25) is 9.59 Å². The molecule has 0 bridgehead atoms. The summed E-state index contributed by atoms with van der Waals surface area (Å²) in [4.78, 5) is 25.0. The van der Waals surface area contributed by atoms with Crippen LogP contribution in [0, 0.1) is 0 Å². The number of hydrogen-bond donors (Lipinski definition) is 1. The van der Waals surface area contributed by atoms with Crippen molar-refractivity contribution in [3.63, 3.8) is 0 Å². The zero-order chi connectivity index (χ0) is 20.7. The van der Waals surface area contributed by atoms with E-state index in [0.717, 1.165) is 5.56 Å². The van der Waals surface area contributed by atoms with Crippen LogP contribution >= 0.6 is 0 Å². The predicted octanol–water partition coefficient (Wildman–Crippen LogP) is 1.85. The number of hydrogen-bond acceptors (Lipinski definition) is 6. The van der Waals surface area contributed by atoms with Crippen molar-refractivity contribution in [1.29, 1.82) is 0 Å². The summed E-state index contributed by atoms with van der Waals surface area (Å²) >= 11 is 0. The van der Waals surface area contributed by atoms with E-state index in [1.807, 2.05) is 6.07 Å². The molecular formula is C20H24N2O6. The van der Waals surface area contributed by atoms with Crippen LogP contribution in [0.3, 0.4) is 0 Å². The average molecular weight is 388 g/mol. The highest BCUT2D eigenvalue weighted by molar-refractivity contribution is 5.94. The van der Waals surface area contributed by atoms with E-state index in [1.165, 1.54) is 14.2 Å². The molecule has 0 aromatic heterocycles. The minimum absolute atomic E-state index is 0.182. The van der Waals surface area contributed by atoms with Gasteiger partial charge in [0.25, 0.3) is 11.8 Å². The molecule has 8 heteroatoms. The highest BCUT2D eigenvalue weighted by Gasteiger charge is 2.19. The first-order chi connectivity index (χ1) is 13.4. The van der Waals surface area contributed by atoms with Gasteiger partial charge in [0.05, 0.1) is 21.3 Å². The van der Waals surface area contributed by atoms with E-state index in [1.54, 1.807) is 49.4 Å². The van der Waals surface area contributed by atoms with Gasteiger partial charge >= 0.3 is 0 Å². The van der Waals surface area contributed by atoms with E-state index in [2.05, 4.69) is 0 Å². The largest absolute Gasteiger partial charge is 0.493 e. The maximum atomic E-state index is 12.7. The summed E-state index contributed by atoms with van der Waals surface area (Å²) in [6.07, 6.45) is 0. The summed E-state index contributed by atoms with van der Waals surface area (Å²) in [5.74, 6) is 1.24. The molecule has 0 aliphatic carbocycles. The fraction of sp³-hybridized carbons (Fsp3) is 0.300. The number of carbonyl (C=O) groups excluding carboxylic acids is 2. The van der Waals surface area contributed by atoms with Crippen molar-refractivity contribution in [2.24, 2.45) is 5.73 Å². The highest BCUT2D eigenvalue weighted by atomic mass is 16.5. The molecule has 0 heterocycles. The van der Waals surface area contributed by atoms with E-state index in [4.69, 9.17) is 24.7 Å². The van der Waals surface area contributed by atoms with Gasteiger partial charge in [0.1, 0.15) is 5.75 Å². The monoisotopic (exact) mass is 388 g/mol. The number of nitrogens with two attached hydrogens (primary N) is 1.